The molecule has 1 N–H and O–H groups in total. The Balaban J connectivity index is 2.10. The molecule has 110 valence electrons. The van der Waals surface area contributed by atoms with Crippen LogP contribution in [-0.4, -0.2) is 13.7 Å². The van der Waals surface area contributed by atoms with Gasteiger partial charge in [-0.25, -0.2) is 4.39 Å². The lowest BCUT2D eigenvalue weighted by Gasteiger charge is -2.20. The molecule has 0 bridgehead atoms. The van der Waals surface area contributed by atoms with Crippen molar-refractivity contribution in [1.29, 1.82) is 0 Å². The molecule has 5 heteroatoms. The molecular weight excluding hydrogens is 357 g/mol. The van der Waals surface area contributed by atoms with Crippen molar-refractivity contribution in [2.75, 3.05) is 13.7 Å². The fraction of sp³-hybridized carbons (Fsp3) is 0.250. The van der Waals surface area contributed by atoms with E-state index in [1.54, 1.807) is 6.07 Å². The number of nitrogens with one attached hydrogen (secondary N) is 1. The van der Waals surface area contributed by atoms with Gasteiger partial charge >= 0.3 is 0 Å². The zero-order chi connectivity index (χ0) is 15.0. The van der Waals surface area contributed by atoms with Crippen LogP contribution in [0.25, 0.3) is 0 Å². The Morgan fingerprint density at radius 1 is 1.33 bits per heavy atom. The molecule has 0 saturated carbocycles. The number of fused-ring (bicyclic) bond motifs is 1. The van der Waals surface area contributed by atoms with E-state index in [1.165, 1.54) is 11.6 Å². The van der Waals surface area contributed by atoms with Crippen molar-refractivity contribution in [3.8, 4) is 5.75 Å². The van der Waals surface area contributed by atoms with Crippen LogP contribution < -0.4 is 10.1 Å². The number of benzene rings is 2. The minimum absolute atomic E-state index is 0.129. The van der Waals surface area contributed by atoms with Gasteiger partial charge in [0.25, 0.3) is 0 Å². The molecule has 1 atom stereocenters. The molecule has 1 unspecified atom stereocenters. The van der Waals surface area contributed by atoms with E-state index in [1.807, 2.05) is 19.2 Å². The summed E-state index contributed by atoms with van der Waals surface area (Å²) >= 11 is 9.30. The number of hydrogen-bond donors (Lipinski definition) is 1. The van der Waals surface area contributed by atoms with Gasteiger partial charge in [-0.05, 0) is 42.4 Å². The molecule has 2 aromatic rings. The van der Waals surface area contributed by atoms with Gasteiger partial charge in [-0.1, -0.05) is 33.6 Å². The molecule has 3 rings (SSSR count). The SMILES string of the molecule is CNC(c1ccc(Cl)c(F)c1)c1cc(Br)cc2c1OCC2. The standard InChI is InChI=1S/C16H14BrClFNO/c1-20-15(9-2-3-13(18)14(19)7-9)12-8-11(17)6-10-4-5-21-16(10)12/h2-3,6-8,15,20H,4-5H2,1H3. The summed E-state index contributed by atoms with van der Waals surface area (Å²) in [6, 6.07) is 8.80. The minimum atomic E-state index is -0.415. The van der Waals surface area contributed by atoms with Gasteiger partial charge in [0.15, 0.2) is 0 Å². The second kappa shape index (κ2) is 5.95. The van der Waals surface area contributed by atoms with Gasteiger partial charge in [0.2, 0.25) is 0 Å². The van der Waals surface area contributed by atoms with E-state index in [0.29, 0.717) is 6.61 Å². The Labute approximate surface area is 136 Å². The highest BCUT2D eigenvalue weighted by molar-refractivity contribution is 9.10. The normalized spacial score (nSPS) is 14.7. The average Bonchev–Trinajstić information content (AvgIpc) is 2.91. The van der Waals surface area contributed by atoms with Crippen molar-refractivity contribution >= 4 is 27.5 Å². The van der Waals surface area contributed by atoms with Crippen LogP contribution in [-0.2, 0) is 6.42 Å². The smallest absolute Gasteiger partial charge is 0.142 e. The third-order valence-corrected chi connectivity index (χ3v) is 4.42. The van der Waals surface area contributed by atoms with Crippen LogP contribution in [0.2, 0.25) is 5.02 Å². The first-order valence-electron chi connectivity index (χ1n) is 6.67. The molecule has 0 spiro atoms. The molecule has 0 saturated heterocycles. The predicted octanol–water partition coefficient (Wildman–Crippen LogP) is 4.49. The summed E-state index contributed by atoms with van der Waals surface area (Å²) in [6.07, 6.45) is 0.896. The highest BCUT2D eigenvalue weighted by Gasteiger charge is 2.24. The second-order valence-electron chi connectivity index (χ2n) is 4.98. The predicted molar refractivity (Wildman–Crippen MR) is 85.7 cm³/mol. The summed E-state index contributed by atoms with van der Waals surface area (Å²) < 4.78 is 20.5. The lowest BCUT2D eigenvalue weighted by Crippen LogP contribution is -2.18. The molecule has 2 aromatic carbocycles. The third kappa shape index (κ3) is 2.80. The first kappa shape index (κ1) is 14.8. The zero-order valence-corrected chi connectivity index (χ0v) is 13.8. The zero-order valence-electron chi connectivity index (χ0n) is 11.4. The highest BCUT2D eigenvalue weighted by atomic mass is 79.9. The Bertz CT molecular complexity index is 692. The summed E-state index contributed by atoms with van der Waals surface area (Å²) in [7, 11) is 1.85. The average molecular weight is 371 g/mol. The van der Waals surface area contributed by atoms with E-state index < -0.39 is 5.82 Å². The monoisotopic (exact) mass is 369 g/mol. The summed E-state index contributed by atoms with van der Waals surface area (Å²) in [6.45, 7) is 0.685. The van der Waals surface area contributed by atoms with E-state index in [2.05, 4.69) is 27.3 Å². The molecule has 1 heterocycles. The summed E-state index contributed by atoms with van der Waals surface area (Å²) in [5.74, 6) is 0.481. The number of ether oxygens (including phenoxy) is 1. The van der Waals surface area contributed by atoms with Gasteiger partial charge in [0.1, 0.15) is 11.6 Å². The Hall–Kier alpha value is -1.10. The molecule has 1 aliphatic heterocycles. The molecular formula is C16H14BrClFNO. The van der Waals surface area contributed by atoms with Crippen molar-refractivity contribution in [3.05, 3.63) is 62.3 Å². The summed E-state index contributed by atoms with van der Waals surface area (Å²) in [4.78, 5) is 0. The topological polar surface area (TPSA) is 21.3 Å². The molecule has 21 heavy (non-hydrogen) atoms. The van der Waals surface area contributed by atoms with Crippen molar-refractivity contribution in [2.24, 2.45) is 0 Å². The van der Waals surface area contributed by atoms with Gasteiger partial charge in [0, 0.05) is 16.5 Å². The lowest BCUT2D eigenvalue weighted by molar-refractivity contribution is 0.351. The molecule has 0 radical (unpaired) electrons. The van der Waals surface area contributed by atoms with Crippen LogP contribution >= 0.6 is 27.5 Å². The number of hydrogen-bond acceptors (Lipinski definition) is 2. The van der Waals surface area contributed by atoms with E-state index in [0.717, 1.165) is 27.8 Å². The van der Waals surface area contributed by atoms with Crippen molar-refractivity contribution in [2.45, 2.75) is 12.5 Å². The van der Waals surface area contributed by atoms with Crippen LogP contribution in [0.4, 0.5) is 4.39 Å². The third-order valence-electron chi connectivity index (χ3n) is 3.65. The quantitative estimate of drug-likeness (QED) is 0.860. The minimum Gasteiger partial charge on any atom is -0.493 e. The maximum atomic E-state index is 13.7. The van der Waals surface area contributed by atoms with Gasteiger partial charge in [0.05, 0.1) is 17.7 Å². The van der Waals surface area contributed by atoms with Crippen LogP contribution in [0.5, 0.6) is 5.75 Å². The maximum absolute atomic E-state index is 13.7. The van der Waals surface area contributed by atoms with Crippen LogP contribution in [0.3, 0.4) is 0 Å². The van der Waals surface area contributed by atoms with Gasteiger partial charge in [-0.3, -0.25) is 0 Å². The summed E-state index contributed by atoms with van der Waals surface area (Å²) in [5.41, 5.74) is 2.99. The van der Waals surface area contributed by atoms with E-state index in [4.69, 9.17) is 16.3 Å². The summed E-state index contributed by atoms with van der Waals surface area (Å²) in [5, 5.41) is 3.36. The second-order valence-corrected chi connectivity index (χ2v) is 6.30. The molecule has 0 aliphatic carbocycles. The van der Waals surface area contributed by atoms with Crippen molar-refractivity contribution < 1.29 is 9.13 Å². The van der Waals surface area contributed by atoms with E-state index in [-0.39, 0.29) is 11.1 Å². The molecule has 2 nitrogen and oxygen atoms in total. The van der Waals surface area contributed by atoms with Crippen LogP contribution in [0.15, 0.2) is 34.8 Å². The van der Waals surface area contributed by atoms with Crippen LogP contribution in [0.1, 0.15) is 22.7 Å². The van der Waals surface area contributed by atoms with Crippen molar-refractivity contribution in [1.82, 2.24) is 5.32 Å². The number of halogens is 3. The number of rotatable bonds is 3. The Kier molecular flexibility index (Phi) is 4.20. The van der Waals surface area contributed by atoms with Gasteiger partial charge in [-0.2, -0.15) is 0 Å². The molecule has 0 amide bonds. The fourth-order valence-corrected chi connectivity index (χ4v) is 3.35. The highest BCUT2D eigenvalue weighted by Crippen LogP contribution is 2.39. The first-order valence-corrected chi connectivity index (χ1v) is 7.84. The largest absolute Gasteiger partial charge is 0.493 e. The fourth-order valence-electron chi connectivity index (χ4n) is 2.71. The lowest BCUT2D eigenvalue weighted by atomic mass is 9.96. The first-order chi connectivity index (χ1) is 10.1. The van der Waals surface area contributed by atoms with E-state index in [9.17, 15) is 4.39 Å². The van der Waals surface area contributed by atoms with Gasteiger partial charge in [-0.15, -0.1) is 0 Å². The van der Waals surface area contributed by atoms with Crippen LogP contribution in [0, 0.1) is 5.82 Å². The van der Waals surface area contributed by atoms with E-state index >= 15 is 0 Å². The molecule has 1 aliphatic rings. The molecule has 0 fully saturated rings. The Morgan fingerprint density at radius 3 is 2.86 bits per heavy atom. The maximum Gasteiger partial charge on any atom is 0.142 e. The van der Waals surface area contributed by atoms with Crippen molar-refractivity contribution in [3.63, 3.8) is 0 Å². The Morgan fingerprint density at radius 2 is 2.14 bits per heavy atom. The molecule has 0 aromatic heterocycles. The van der Waals surface area contributed by atoms with Gasteiger partial charge < -0.3 is 10.1 Å².